The predicted octanol–water partition coefficient (Wildman–Crippen LogP) is 3.72. The fourth-order valence-electron chi connectivity index (χ4n) is 1.96. The second-order valence-electron chi connectivity index (χ2n) is 4.61. The Bertz CT molecular complexity index is 582. The first kappa shape index (κ1) is 13.5. The number of nitrogens with one attached hydrogen (secondary N) is 1. The summed E-state index contributed by atoms with van der Waals surface area (Å²) in [4.78, 5) is 8.44. The lowest BCUT2D eigenvalue weighted by molar-refractivity contribution is 0.630. The minimum absolute atomic E-state index is 0.256. The van der Waals surface area contributed by atoms with Crippen molar-refractivity contribution in [2.45, 2.75) is 27.2 Å². The van der Waals surface area contributed by atoms with Gasteiger partial charge in [-0.3, -0.25) is 0 Å². The molecule has 0 aliphatic heterocycles. The lowest BCUT2D eigenvalue weighted by atomic mass is 10.0. The zero-order valence-corrected chi connectivity index (χ0v) is 11.5. The van der Waals surface area contributed by atoms with Gasteiger partial charge in [0.15, 0.2) is 0 Å². The SMILES string of the molecule is CCCNc1ncnc(-c2cc(C)ccc2F)c1C. The first-order valence-corrected chi connectivity index (χ1v) is 6.45. The van der Waals surface area contributed by atoms with Crippen molar-refractivity contribution < 1.29 is 4.39 Å². The molecule has 0 bridgehead atoms. The molecule has 0 amide bonds. The first-order valence-electron chi connectivity index (χ1n) is 6.45. The van der Waals surface area contributed by atoms with Gasteiger partial charge >= 0.3 is 0 Å². The van der Waals surface area contributed by atoms with E-state index < -0.39 is 0 Å². The third-order valence-electron chi connectivity index (χ3n) is 3.00. The Labute approximate surface area is 112 Å². The summed E-state index contributed by atoms with van der Waals surface area (Å²) in [6.07, 6.45) is 2.49. The van der Waals surface area contributed by atoms with Crippen molar-refractivity contribution in [3.05, 3.63) is 41.5 Å². The Kier molecular flexibility index (Phi) is 4.10. The zero-order chi connectivity index (χ0) is 13.8. The Hall–Kier alpha value is -1.97. The van der Waals surface area contributed by atoms with Crippen LogP contribution in [-0.4, -0.2) is 16.5 Å². The summed E-state index contributed by atoms with van der Waals surface area (Å²) in [5.41, 5.74) is 3.06. The van der Waals surface area contributed by atoms with Crippen LogP contribution in [0, 0.1) is 19.7 Å². The maximum atomic E-state index is 13.9. The summed E-state index contributed by atoms with van der Waals surface area (Å²) in [6, 6.07) is 5.05. The van der Waals surface area contributed by atoms with Crippen LogP contribution in [-0.2, 0) is 0 Å². The van der Waals surface area contributed by atoms with E-state index in [-0.39, 0.29) is 5.82 Å². The topological polar surface area (TPSA) is 37.8 Å². The van der Waals surface area contributed by atoms with Gasteiger partial charge in [0, 0.05) is 17.7 Å². The summed E-state index contributed by atoms with van der Waals surface area (Å²) in [7, 11) is 0. The van der Waals surface area contributed by atoms with Crippen molar-refractivity contribution >= 4 is 5.82 Å². The number of hydrogen-bond donors (Lipinski definition) is 1. The van der Waals surface area contributed by atoms with Crippen molar-refractivity contribution in [1.29, 1.82) is 0 Å². The highest BCUT2D eigenvalue weighted by Crippen LogP contribution is 2.27. The molecule has 4 heteroatoms. The number of aromatic nitrogens is 2. The van der Waals surface area contributed by atoms with Gasteiger partial charge in [0.1, 0.15) is 18.0 Å². The predicted molar refractivity (Wildman–Crippen MR) is 75.7 cm³/mol. The summed E-state index contributed by atoms with van der Waals surface area (Å²) in [5, 5.41) is 3.23. The van der Waals surface area contributed by atoms with Gasteiger partial charge in [-0.2, -0.15) is 0 Å². The molecule has 0 aliphatic carbocycles. The Morgan fingerprint density at radius 3 is 2.74 bits per heavy atom. The zero-order valence-electron chi connectivity index (χ0n) is 11.5. The van der Waals surface area contributed by atoms with Crippen molar-refractivity contribution in [3.63, 3.8) is 0 Å². The molecule has 1 N–H and O–H groups in total. The maximum Gasteiger partial charge on any atom is 0.132 e. The normalized spacial score (nSPS) is 10.5. The average Bonchev–Trinajstić information content (AvgIpc) is 2.41. The van der Waals surface area contributed by atoms with Crippen LogP contribution in [0.15, 0.2) is 24.5 Å². The largest absolute Gasteiger partial charge is 0.370 e. The molecule has 100 valence electrons. The molecule has 2 aromatic rings. The van der Waals surface area contributed by atoms with E-state index in [2.05, 4.69) is 22.2 Å². The number of halogens is 1. The van der Waals surface area contributed by atoms with Crippen molar-refractivity contribution in [3.8, 4) is 11.3 Å². The third kappa shape index (κ3) is 2.89. The monoisotopic (exact) mass is 259 g/mol. The Morgan fingerprint density at radius 1 is 1.21 bits per heavy atom. The van der Waals surface area contributed by atoms with Crippen LogP contribution >= 0.6 is 0 Å². The van der Waals surface area contributed by atoms with Crippen LogP contribution in [0.2, 0.25) is 0 Å². The molecule has 19 heavy (non-hydrogen) atoms. The average molecular weight is 259 g/mol. The van der Waals surface area contributed by atoms with E-state index in [1.165, 1.54) is 12.4 Å². The lowest BCUT2D eigenvalue weighted by Gasteiger charge is -2.12. The van der Waals surface area contributed by atoms with Crippen LogP contribution < -0.4 is 5.32 Å². The number of benzene rings is 1. The van der Waals surface area contributed by atoms with Crippen LogP contribution in [0.5, 0.6) is 0 Å². The maximum absolute atomic E-state index is 13.9. The highest BCUT2D eigenvalue weighted by molar-refractivity contribution is 5.68. The molecular formula is C15H18FN3. The quantitative estimate of drug-likeness (QED) is 0.909. The number of anilines is 1. The molecule has 1 heterocycles. The van der Waals surface area contributed by atoms with Gasteiger partial charge in [-0.05, 0) is 32.4 Å². The smallest absolute Gasteiger partial charge is 0.132 e. The van der Waals surface area contributed by atoms with E-state index in [9.17, 15) is 4.39 Å². The molecule has 0 saturated carbocycles. The van der Waals surface area contributed by atoms with Crippen molar-refractivity contribution in [2.75, 3.05) is 11.9 Å². The second-order valence-corrected chi connectivity index (χ2v) is 4.61. The molecule has 3 nitrogen and oxygen atoms in total. The minimum Gasteiger partial charge on any atom is -0.370 e. The van der Waals surface area contributed by atoms with Crippen LogP contribution in [0.4, 0.5) is 10.2 Å². The van der Waals surface area contributed by atoms with Gasteiger partial charge in [0.25, 0.3) is 0 Å². The number of rotatable bonds is 4. The molecule has 1 aromatic carbocycles. The van der Waals surface area contributed by atoms with E-state index in [0.29, 0.717) is 11.3 Å². The standard InChI is InChI=1S/C15H18FN3/c1-4-7-17-15-11(3)14(18-9-19-15)12-8-10(2)5-6-13(12)16/h5-6,8-9H,4,7H2,1-3H3,(H,17,18,19). The number of nitrogens with zero attached hydrogens (tertiary/aromatic N) is 2. The van der Waals surface area contributed by atoms with E-state index in [4.69, 9.17) is 0 Å². The minimum atomic E-state index is -0.256. The molecule has 1 aromatic heterocycles. The van der Waals surface area contributed by atoms with Crippen LogP contribution in [0.25, 0.3) is 11.3 Å². The highest BCUT2D eigenvalue weighted by atomic mass is 19.1. The molecule has 2 rings (SSSR count). The third-order valence-corrected chi connectivity index (χ3v) is 3.00. The van der Waals surface area contributed by atoms with E-state index >= 15 is 0 Å². The fourth-order valence-corrected chi connectivity index (χ4v) is 1.96. The first-order chi connectivity index (χ1) is 9.13. The van der Waals surface area contributed by atoms with Gasteiger partial charge < -0.3 is 5.32 Å². The van der Waals surface area contributed by atoms with Crippen molar-refractivity contribution in [1.82, 2.24) is 9.97 Å². The van der Waals surface area contributed by atoms with E-state index in [1.54, 1.807) is 6.07 Å². The molecular weight excluding hydrogens is 241 g/mol. The Balaban J connectivity index is 2.47. The molecule has 0 atom stereocenters. The van der Waals surface area contributed by atoms with E-state index in [1.807, 2.05) is 19.9 Å². The highest BCUT2D eigenvalue weighted by Gasteiger charge is 2.12. The number of aryl methyl sites for hydroxylation is 1. The molecule has 0 spiro atoms. The summed E-state index contributed by atoms with van der Waals surface area (Å²) < 4.78 is 13.9. The van der Waals surface area contributed by atoms with Crippen LogP contribution in [0.3, 0.4) is 0 Å². The molecule has 0 aliphatic rings. The molecule has 0 saturated heterocycles. The van der Waals surface area contributed by atoms with Gasteiger partial charge in [-0.25, -0.2) is 14.4 Å². The van der Waals surface area contributed by atoms with E-state index in [0.717, 1.165) is 29.9 Å². The van der Waals surface area contributed by atoms with Gasteiger partial charge in [-0.15, -0.1) is 0 Å². The molecule has 0 unspecified atom stereocenters. The molecule has 0 radical (unpaired) electrons. The van der Waals surface area contributed by atoms with Crippen LogP contribution in [0.1, 0.15) is 24.5 Å². The lowest BCUT2D eigenvalue weighted by Crippen LogP contribution is -2.06. The van der Waals surface area contributed by atoms with Gasteiger partial charge in [-0.1, -0.05) is 18.6 Å². The number of hydrogen-bond acceptors (Lipinski definition) is 3. The molecule has 0 fully saturated rings. The Morgan fingerprint density at radius 2 is 2.00 bits per heavy atom. The van der Waals surface area contributed by atoms with Gasteiger partial charge in [0.05, 0.1) is 5.69 Å². The second kappa shape index (κ2) is 5.78. The fraction of sp³-hybridized carbons (Fsp3) is 0.333. The van der Waals surface area contributed by atoms with Gasteiger partial charge in [0.2, 0.25) is 0 Å². The summed E-state index contributed by atoms with van der Waals surface area (Å²) in [6.45, 7) is 6.78. The van der Waals surface area contributed by atoms with Crippen molar-refractivity contribution in [2.24, 2.45) is 0 Å². The summed E-state index contributed by atoms with van der Waals surface area (Å²) >= 11 is 0. The summed E-state index contributed by atoms with van der Waals surface area (Å²) in [5.74, 6) is 0.515.